The molecular formula is C16H15N7. The van der Waals surface area contributed by atoms with Crippen LogP contribution < -0.4 is 10.9 Å². The molecular weight excluding hydrogens is 290 g/mol. The van der Waals surface area contributed by atoms with E-state index in [1.165, 1.54) is 0 Å². The Hall–Kier alpha value is -3.22. The predicted molar refractivity (Wildman–Crippen MR) is 87.5 cm³/mol. The summed E-state index contributed by atoms with van der Waals surface area (Å²) in [5.41, 5.74) is 9.09. The van der Waals surface area contributed by atoms with Crippen molar-refractivity contribution in [2.24, 2.45) is 4.99 Å². The first-order valence-electron chi connectivity index (χ1n) is 7.28. The SMILES string of the molecule is Cc1cc(C)n2c(C3=NC(=Cc4ccccc4)NN3)nnc2n1. The minimum absolute atomic E-state index is 0.572. The Morgan fingerprint density at radius 3 is 2.70 bits per heavy atom. The quantitative estimate of drug-likeness (QED) is 0.751. The van der Waals surface area contributed by atoms with Crippen LogP contribution in [0.2, 0.25) is 0 Å². The van der Waals surface area contributed by atoms with Gasteiger partial charge in [-0.25, -0.2) is 9.98 Å². The van der Waals surface area contributed by atoms with Gasteiger partial charge in [-0.05, 0) is 31.6 Å². The van der Waals surface area contributed by atoms with E-state index in [2.05, 4.69) is 31.0 Å². The van der Waals surface area contributed by atoms with Gasteiger partial charge in [0, 0.05) is 11.4 Å². The number of hydrogen-bond acceptors (Lipinski definition) is 6. The van der Waals surface area contributed by atoms with Crippen molar-refractivity contribution < 1.29 is 0 Å². The molecule has 1 aliphatic rings. The van der Waals surface area contributed by atoms with Crippen molar-refractivity contribution in [2.45, 2.75) is 13.8 Å². The van der Waals surface area contributed by atoms with Crippen molar-refractivity contribution in [2.75, 3.05) is 0 Å². The fourth-order valence-electron chi connectivity index (χ4n) is 2.56. The van der Waals surface area contributed by atoms with Crippen molar-refractivity contribution in [3.05, 3.63) is 65.0 Å². The number of amidine groups is 1. The molecule has 0 fully saturated rings. The molecule has 0 amide bonds. The number of aliphatic imine (C=N–C) groups is 1. The van der Waals surface area contributed by atoms with E-state index >= 15 is 0 Å². The zero-order chi connectivity index (χ0) is 15.8. The van der Waals surface area contributed by atoms with Crippen molar-refractivity contribution in [1.82, 2.24) is 30.4 Å². The van der Waals surface area contributed by atoms with Crippen LogP contribution in [-0.4, -0.2) is 25.4 Å². The monoisotopic (exact) mass is 305 g/mol. The summed E-state index contributed by atoms with van der Waals surface area (Å²) in [5.74, 6) is 2.55. The van der Waals surface area contributed by atoms with Crippen molar-refractivity contribution in [1.29, 1.82) is 0 Å². The average molecular weight is 305 g/mol. The summed E-state index contributed by atoms with van der Waals surface area (Å²) in [7, 11) is 0. The van der Waals surface area contributed by atoms with E-state index in [1.807, 2.05) is 60.7 Å². The first-order chi connectivity index (χ1) is 11.2. The molecule has 0 unspecified atom stereocenters. The van der Waals surface area contributed by atoms with Crippen molar-refractivity contribution in [3.63, 3.8) is 0 Å². The number of rotatable bonds is 2. The second-order valence-corrected chi connectivity index (χ2v) is 5.35. The maximum Gasteiger partial charge on any atom is 0.255 e. The summed E-state index contributed by atoms with van der Waals surface area (Å²) in [6, 6.07) is 12.0. The molecule has 0 bridgehead atoms. The minimum atomic E-state index is 0.572. The minimum Gasteiger partial charge on any atom is -0.283 e. The molecule has 0 saturated heterocycles. The van der Waals surface area contributed by atoms with E-state index in [0.29, 0.717) is 17.4 Å². The molecule has 2 N–H and O–H groups in total. The highest BCUT2D eigenvalue weighted by atomic mass is 15.5. The first kappa shape index (κ1) is 13.4. The third-order valence-electron chi connectivity index (χ3n) is 3.55. The van der Waals surface area contributed by atoms with Gasteiger partial charge in [0.15, 0.2) is 5.84 Å². The van der Waals surface area contributed by atoms with E-state index in [0.717, 1.165) is 22.8 Å². The third kappa shape index (κ3) is 2.42. The van der Waals surface area contributed by atoms with Gasteiger partial charge in [-0.15, -0.1) is 10.2 Å². The maximum atomic E-state index is 4.54. The molecule has 2 aromatic heterocycles. The maximum absolute atomic E-state index is 4.54. The van der Waals surface area contributed by atoms with Gasteiger partial charge in [-0.2, -0.15) is 0 Å². The van der Waals surface area contributed by atoms with Crippen LogP contribution >= 0.6 is 0 Å². The highest BCUT2D eigenvalue weighted by Crippen LogP contribution is 2.12. The van der Waals surface area contributed by atoms with Crippen LogP contribution in [-0.2, 0) is 0 Å². The Morgan fingerprint density at radius 2 is 1.87 bits per heavy atom. The lowest BCUT2D eigenvalue weighted by atomic mass is 10.2. The fraction of sp³-hybridized carbons (Fsp3) is 0.125. The largest absolute Gasteiger partial charge is 0.283 e. The first-order valence-corrected chi connectivity index (χ1v) is 7.28. The van der Waals surface area contributed by atoms with Crippen LogP contribution in [0.15, 0.2) is 47.2 Å². The summed E-state index contributed by atoms with van der Waals surface area (Å²) in [4.78, 5) is 8.93. The average Bonchev–Trinajstić information content (AvgIpc) is 3.15. The van der Waals surface area contributed by atoms with Crippen molar-refractivity contribution >= 4 is 17.7 Å². The number of aryl methyl sites for hydroxylation is 2. The summed E-state index contributed by atoms with van der Waals surface area (Å²) >= 11 is 0. The van der Waals surface area contributed by atoms with Gasteiger partial charge in [-0.1, -0.05) is 30.3 Å². The number of hydrogen-bond donors (Lipinski definition) is 2. The molecule has 7 nitrogen and oxygen atoms in total. The summed E-state index contributed by atoms with van der Waals surface area (Å²) in [6.45, 7) is 3.94. The Kier molecular flexibility index (Phi) is 3.04. The van der Waals surface area contributed by atoms with E-state index < -0.39 is 0 Å². The fourth-order valence-corrected chi connectivity index (χ4v) is 2.56. The van der Waals surface area contributed by atoms with Crippen LogP contribution in [0.4, 0.5) is 0 Å². The van der Waals surface area contributed by atoms with E-state index in [1.54, 1.807) is 0 Å². The summed E-state index contributed by atoms with van der Waals surface area (Å²) < 4.78 is 1.88. The van der Waals surface area contributed by atoms with Crippen LogP contribution in [0.5, 0.6) is 0 Å². The molecule has 1 aromatic carbocycles. The predicted octanol–water partition coefficient (Wildman–Crippen LogP) is 1.59. The Balaban J connectivity index is 1.75. The number of hydrazine groups is 1. The standard InChI is InChI=1S/C16H15N7/c1-10-8-11(2)23-15(21-22-16(23)17-10)14-18-13(19-20-14)9-12-6-4-3-5-7-12/h3-9,19H,1-2H3,(H,18,20). The lowest BCUT2D eigenvalue weighted by Gasteiger charge is -2.04. The molecule has 4 rings (SSSR count). The van der Waals surface area contributed by atoms with Crippen LogP contribution in [0.1, 0.15) is 22.8 Å². The van der Waals surface area contributed by atoms with Gasteiger partial charge in [-0.3, -0.25) is 15.3 Å². The zero-order valence-electron chi connectivity index (χ0n) is 12.8. The van der Waals surface area contributed by atoms with Gasteiger partial charge < -0.3 is 0 Å². The van der Waals surface area contributed by atoms with Crippen LogP contribution in [0.25, 0.3) is 11.9 Å². The van der Waals surface area contributed by atoms with Gasteiger partial charge in [0.25, 0.3) is 5.78 Å². The normalized spacial score (nSPS) is 15.6. The highest BCUT2D eigenvalue weighted by molar-refractivity contribution is 5.98. The van der Waals surface area contributed by atoms with Gasteiger partial charge in [0.05, 0.1) is 0 Å². The molecule has 23 heavy (non-hydrogen) atoms. The summed E-state index contributed by atoms with van der Waals surface area (Å²) in [6.07, 6.45) is 1.96. The topological polar surface area (TPSA) is 79.5 Å². The number of aromatic nitrogens is 4. The highest BCUT2D eigenvalue weighted by Gasteiger charge is 2.19. The molecule has 0 saturated carbocycles. The lowest BCUT2D eigenvalue weighted by Crippen LogP contribution is -2.31. The molecule has 0 spiro atoms. The Morgan fingerprint density at radius 1 is 1.04 bits per heavy atom. The van der Waals surface area contributed by atoms with E-state index in [-0.39, 0.29) is 0 Å². The molecule has 0 aliphatic carbocycles. The van der Waals surface area contributed by atoms with Gasteiger partial charge in [0.1, 0.15) is 5.82 Å². The molecule has 1 aliphatic heterocycles. The molecule has 114 valence electrons. The van der Waals surface area contributed by atoms with Crippen molar-refractivity contribution in [3.8, 4) is 0 Å². The van der Waals surface area contributed by atoms with Crippen LogP contribution in [0, 0.1) is 13.8 Å². The smallest absolute Gasteiger partial charge is 0.255 e. The number of fused-ring (bicyclic) bond motifs is 1. The zero-order valence-corrected chi connectivity index (χ0v) is 12.8. The van der Waals surface area contributed by atoms with Gasteiger partial charge in [0.2, 0.25) is 5.82 Å². The second-order valence-electron chi connectivity index (χ2n) is 5.35. The Labute approximate surface area is 132 Å². The molecule has 3 aromatic rings. The lowest BCUT2D eigenvalue weighted by molar-refractivity contribution is 0.809. The number of benzene rings is 1. The molecule has 3 heterocycles. The van der Waals surface area contributed by atoms with Gasteiger partial charge >= 0.3 is 0 Å². The van der Waals surface area contributed by atoms with E-state index in [4.69, 9.17) is 0 Å². The Bertz CT molecular complexity index is 938. The molecule has 0 atom stereocenters. The third-order valence-corrected chi connectivity index (χ3v) is 3.55. The second kappa shape index (κ2) is 5.20. The summed E-state index contributed by atoms with van der Waals surface area (Å²) in [5, 5.41) is 8.34. The number of nitrogens with one attached hydrogen (secondary N) is 2. The molecule has 7 heteroatoms. The molecule has 0 radical (unpaired) electrons. The number of nitrogens with zero attached hydrogens (tertiary/aromatic N) is 5. The van der Waals surface area contributed by atoms with E-state index in [9.17, 15) is 0 Å². The van der Waals surface area contributed by atoms with Crippen LogP contribution in [0.3, 0.4) is 0 Å².